The summed E-state index contributed by atoms with van der Waals surface area (Å²) >= 11 is 1.55. The third kappa shape index (κ3) is 0.937. The molecule has 0 atom stereocenters. The Morgan fingerprint density at radius 2 is 2.42 bits per heavy atom. The molecule has 12 heavy (non-hydrogen) atoms. The summed E-state index contributed by atoms with van der Waals surface area (Å²) in [5.41, 5.74) is 7.28. The van der Waals surface area contributed by atoms with Crippen LogP contribution in [0.15, 0.2) is 23.6 Å². The van der Waals surface area contributed by atoms with Gasteiger partial charge in [0.1, 0.15) is 0 Å². The van der Waals surface area contributed by atoms with Crippen molar-refractivity contribution in [2.45, 2.75) is 5.16 Å². The van der Waals surface area contributed by atoms with Crippen LogP contribution in [0.4, 0.5) is 5.69 Å². The highest BCUT2D eigenvalue weighted by atomic mass is 32.2. The Kier molecular flexibility index (Phi) is 1.65. The molecule has 0 fully saturated rings. The highest BCUT2D eigenvalue weighted by molar-refractivity contribution is 7.98. The second-order valence-corrected chi connectivity index (χ2v) is 3.10. The van der Waals surface area contributed by atoms with Crippen LogP contribution in [0.25, 0.3) is 5.52 Å². The Morgan fingerprint density at radius 1 is 1.58 bits per heavy atom. The van der Waals surface area contributed by atoms with Gasteiger partial charge in [0.05, 0.1) is 17.4 Å². The summed E-state index contributed by atoms with van der Waals surface area (Å²) in [4.78, 5) is 4.15. The Balaban J connectivity index is 2.81. The smallest absolute Gasteiger partial charge is 0.189 e. The molecule has 0 saturated carbocycles. The van der Waals surface area contributed by atoms with E-state index >= 15 is 0 Å². The molecule has 0 aliphatic heterocycles. The molecule has 0 saturated heterocycles. The summed E-state index contributed by atoms with van der Waals surface area (Å²) in [5, 5.41) is 4.95. The largest absolute Gasteiger partial charge is 0.396 e. The van der Waals surface area contributed by atoms with Crippen molar-refractivity contribution < 1.29 is 0 Å². The Morgan fingerprint density at radius 3 is 3.17 bits per heavy atom. The molecule has 2 aromatic rings. The lowest BCUT2D eigenvalue weighted by Gasteiger charge is -1.98. The zero-order chi connectivity index (χ0) is 8.55. The number of fused-ring (bicyclic) bond motifs is 1. The van der Waals surface area contributed by atoms with Gasteiger partial charge in [-0.05, 0) is 12.3 Å². The van der Waals surface area contributed by atoms with Crippen LogP contribution in [0.3, 0.4) is 0 Å². The number of thioether (sulfide) groups is 1. The van der Waals surface area contributed by atoms with Crippen molar-refractivity contribution in [2.24, 2.45) is 0 Å². The fourth-order valence-electron chi connectivity index (χ4n) is 1.06. The minimum atomic E-state index is 0.688. The average molecular weight is 180 g/mol. The molecule has 2 N–H and O–H groups in total. The van der Waals surface area contributed by atoms with Gasteiger partial charge in [-0.15, -0.1) is 0 Å². The van der Waals surface area contributed by atoms with Gasteiger partial charge in [-0.3, -0.25) is 0 Å². The van der Waals surface area contributed by atoms with E-state index in [-0.39, 0.29) is 0 Å². The third-order valence-electron chi connectivity index (χ3n) is 1.62. The highest BCUT2D eigenvalue weighted by Crippen LogP contribution is 2.17. The molecule has 0 amide bonds. The molecule has 0 aliphatic rings. The van der Waals surface area contributed by atoms with Crippen LogP contribution in [0, 0.1) is 0 Å². The molecule has 2 rings (SSSR count). The second kappa shape index (κ2) is 2.67. The molecule has 0 aromatic carbocycles. The molecule has 0 bridgehead atoms. The number of anilines is 1. The molecule has 2 heterocycles. The number of aromatic nitrogens is 3. The van der Waals surface area contributed by atoms with Gasteiger partial charge in [0, 0.05) is 6.20 Å². The Hall–Kier alpha value is -1.23. The maximum absolute atomic E-state index is 5.68. The van der Waals surface area contributed by atoms with Crippen LogP contribution in [0.5, 0.6) is 0 Å². The van der Waals surface area contributed by atoms with E-state index in [2.05, 4.69) is 10.1 Å². The van der Waals surface area contributed by atoms with E-state index in [1.54, 1.807) is 28.7 Å². The quantitative estimate of drug-likeness (QED) is 0.526. The summed E-state index contributed by atoms with van der Waals surface area (Å²) in [6.07, 6.45) is 5.33. The minimum absolute atomic E-state index is 0.688. The van der Waals surface area contributed by atoms with Gasteiger partial charge >= 0.3 is 0 Å². The summed E-state index contributed by atoms with van der Waals surface area (Å²) in [7, 11) is 0. The number of hydrogen-bond donors (Lipinski definition) is 1. The summed E-state index contributed by atoms with van der Waals surface area (Å²) in [5.74, 6) is 0. The van der Waals surface area contributed by atoms with Crippen molar-refractivity contribution in [3.8, 4) is 0 Å². The number of nitrogen functional groups attached to an aromatic ring is 1. The standard InChI is InChI=1S/C7H8N4S/c1-12-7-9-3-2-6-5(8)4-10-11(6)7/h2-4H,8H2,1H3. The lowest BCUT2D eigenvalue weighted by molar-refractivity contribution is 0.796. The van der Waals surface area contributed by atoms with Crippen LogP contribution in [0.2, 0.25) is 0 Å². The van der Waals surface area contributed by atoms with Gasteiger partial charge < -0.3 is 5.73 Å². The molecule has 0 spiro atoms. The van der Waals surface area contributed by atoms with Crippen LogP contribution in [-0.4, -0.2) is 20.9 Å². The first-order valence-corrected chi connectivity index (χ1v) is 4.67. The number of hydrogen-bond acceptors (Lipinski definition) is 4. The Bertz CT molecular complexity index is 409. The van der Waals surface area contributed by atoms with Crippen molar-refractivity contribution in [1.29, 1.82) is 0 Å². The van der Waals surface area contributed by atoms with Crippen molar-refractivity contribution >= 4 is 23.0 Å². The maximum atomic E-state index is 5.68. The average Bonchev–Trinajstić information content (AvgIpc) is 2.48. The zero-order valence-corrected chi connectivity index (χ0v) is 7.38. The molecule has 5 heteroatoms. The Labute approximate surface area is 73.8 Å². The summed E-state index contributed by atoms with van der Waals surface area (Å²) < 4.78 is 1.74. The van der Waals surface area contributed by atoms with Crippen LogP contribution < -0.4 is 5.73 Å². The van der Waals surface area contributed by atoms with Crippen molar-refractivity contribution in [1.82, 2.24) is 14.6 Å². The van der Waals surface area contributed by atoms with Crippen LogP contribution >= 0.6 is 11.8 Å². The molecule has 62 valence electrons. The van der Waals surface area contributed by atoms with E-state index in [4.69, 9.17) is 5.73 Å². The molecule has 0 unspecified atom stereocenters. The van der Waals surface area contributed by atoms with Gasteiger partial charge in [-0.2, -0.15) is 5.10 Å². The molecule has 4 nitrogen and oxygen atoms in total. The summed E-state index contributed by atoms with van der Waals surface area (Å²) in [6, 6.07) is 1.85. The van der Waals surface area contributed by atoms with Gasteiger partial charge in [0.2, 0.25) is 0 Å². The van der Waals surface area contributed by atoms with E-state index in [0.717, 1.165) is 10.7 Å². The molecule has 0 radical (unpaired) electrons. The first kappa shape index (κ1) is 7.42. The van der Waals surface area contributed by atoms with E-state index < -0.39 is 0 Å². The SMILES string of the molecule is CSc1nccc2c(N)cnn12. The molecule has 0 aliphatic carbocycles. The fourth-order valence-corrected chi connectivity index (χ4v) is 1.54. The summed E-state index contributed by atoms with van der Waals surface area (Å²) in [6.45, 7) is 0. The van der Waals surface area contributed by atoms with Crippen molar-refractivity contribution in [2.75, 3.05) is 12.0 Å². The molecular formula is C7H8N4S. The normalized spacial score (nSPS) is 10.8. The van der Waals surface area contributed by atoms with Gasteiger partial charge in [0.25, 0.3) is 0 Å². The predicted octanol–water partition coefficient (Wildman–Crippen LogP) is 1.03. The topological polar surface area (TPSA) is 56.2 Å². The maximum Gasteiger partial charge on any atom is 0.189 e. The van der Waals surface area contributed by atoms with E-state index in [1.807, 2.05) is 12.3 Å². The van der Waals surface area contributed by atoms with Crippen LogP contribution in [0.1, 0.15) is 0 Å². The lowest BCUT2D eigenvalue weighted by atomic mass is 10.4. The van der Waals surface area contributed by atoms with Crippen LogP contribution in [-0.2, 0) is 0 Å². The molecule has 2 aromatic heterocycles. The number of nitrogens with zero attached hydrogens (tertiary/aromatic N) is 3. The number of rotatable bonds is 1. The predicted molar refractivity (Wildman–Crippen MR) is 49.2 cm³/mol. The zero-order valence-electron chi connectivity index (χ0n) is 6.56. The van der Waals surface area contributed by atoms with Gasteiger partial charge in [-0.1, -0.05) is 11.8 Å². The van der Waals surface area contributed by atoms with Crippen molar-refractivity contribution in [3.05, 3.63) is 18.5 Å². The fraction of sp³-hybridized carbons (Fsp3) is 0.143. The van der Waals surface area contributed by atoms with Gasteiger partial charge in [0.15, 0.2) is 5.16 Å². The van der Waals surface area contributed by atoms with E-state index in [9.17, 15) is 0 Å². The third-order valence-corrected chi connectivity index (χ3v) is 2.26. The minimum Gasteiger partial charge on any atom is -0.396 e. The monoisotopic (exact) mass is 180 g/mol. The van der Waals surface area contributed by atoms with Gasteiger partial charge in [-0.25, -0.2) is 9.50 Å². The van der Waals surface area contributed by atoms with E-state index in [0.29, 0.717) is 5.69 Å². The second-order valence-electron chi connectivity index (χ2n) is 2.33. The van der Waals surface area contributed by atoms with E-state index in [1.165, 1.54) is 0 Å². The first-order chi connectivity index (χ1) is 5.83. The lowest BCUT2D eigenvalue weighted by Crippen LogP contribution is -1.94. The number of nitrogens with two attached hydrogens (primary N) is 1. The first-order valence-electron chi connectivity index (χ1n) is 3.45. The highest BCUT2D eigenvalue weighted by Gasteiger charge is 2.03. The van der Waals surface area contributed by atoms with Crippen molar-refractivity contribution in [3.63, 3.8) is 0 Å². The molecular weight excluding hydrogens is 172 g/mol.